The molecule has 0 aliphatic rings. The number of aliphatic carboxylic acids is 1. The van der Waals surface area contributed by atoms with Gasteiger partial charge in [-0.25, -0.2) is 9.78 Å². The van der Waals surface area contributed by atoms with Gasteiger partial charge < -0.3 is 15.5 Å². The molecule has 3 N–H and O–H groups in total. The van der Waals surface area contributed by atoms with Crippen molar-refractivity contribution >= 4 is 45.9 Å². The third kappa shape index (κ3) is 3.81. The Labute approximate surface area is 128 Å². The Kier molecular flexibility index (Phi) is 4.94. The zero-order valence-corrected chi connectivity index (χ0v) is 12.3. The van der Waals surface area contributed by atoms with Gasteiger partial charge in [-0.15, -0.1) is 11.3 Å². The van der Waals surface area contributed by atoms with Crippen molar-refractivity contribution in [2.75, 3.05) is 6.54 Å². The number of carbonyl (C=O) groups excluding carboxylic acids is 1. The van der Waals surface area contributed by atoms with Crippen molar-refractivity contribution in [3.63, 3.8) is 0 Å². The third-order valence-corrected chi connectivity index (χ3v) is 3.68. The van der Waals surface area contributed by atoms with Crippen LogP contribution < -0.4 is 5.32 Å². The lowest BCUT2D eigenvalue weighted by Crippen LogP contribution is -2.28. The molecule has 1 unspecified atom stereocenters. The molecular weight excluding hydrogens is 318 g/mol. The van der Waals surface area contributed by atoms with Crippen LogP contribution in [0.1, 0.15) is 12.1 Å². The van der Waals surface area contributed by atoms with Gasteiger partial charge in [-0.2, -0.15) is 0 Å². The highest BCUT2D eigenvalue weighted by molar-refractivity contribution is 7.15. The molecule has 7 nitrogen and oxygen atoms in total. The van der Waals surface area contributed by atoms with E-state index in [1.165, 1.54) is 23.5 Å². The van der Waals surface area contributed by atoms with Gasteiger partial charge in [-0.05, 0) is 6.08 Å². The molecule has 1 amide bonds. The number of halogens is 1. The molecule has 0 aliphatic heterocycles. The second-order valence-corrected chi connectivity index (χ2v) is 5.34. The number of imidazole rings is 1. The van der Waals surface area contributed by atoms with Crippen LogP contribution in [0.15, 0.2) is 17.7 Å². The first kappa shape index (κ1) is 15.5. The summed E-state index contributed by atoms with van der Waals surface area (Å²) in [5, 5.41) is 22.2. The molecule has 2 heterocycles. The van der Waals surface area contributed by atoms with E-state index in [-0.39, 0.29) is 13.0 Å². The maximum atomic E-state index is 11.6. The smallest absolute Gasteiger partial charge is 0.332 e. The lowest BCUT2D eigenvalue weighted by molar-refractivity contribution is -0.147. The molecule has 2 aromatic heterocycles. The van der Waals surface area contributed by atoms with Crippen molar-refractivity contribution in [3.8, 4) is 0 Å². The number of rotatable bonds is 6. The molecule has 2 rings (SSSR count). The van der Waals surface area contributed by atoms with E-state index in [1.807, 2.05) is 5.38 Å². The fourth-order valence-corrected chi connectivity index (χ4v) is 2.60. The summed E-state index contributed by atoms with van der Waals surface area (Å²) in [6.45, 7) is 0.0602. The van der Waals surface area contributed by atoms with E-state index in [4.69, 9.17) is 21.8 Å². The number of carboxylic acid groups (broad SMARTS) is 1. The topological polar surface area (TPSA) is 104 Å². The van der Waals surface area contributed by atoms with Gasteiger partial charge in [-0.1, -0.05) is 11.6 Å². The monoisotopic (exact) mass is 329 g/mol. The van der Waals surface area contributed by atoms with Crippen molar-refractivity contribution in [1.29, 1.82) is 0 Å². The zero-order valence-electron chi connectivity index (χ0n) is 10.7. The Hall–Kier alpha value is -1.90. The molecule has 112 valence electrons. The summed E-state index contributed by atoms with van der Waals surface area (Å²) >= 11 is 7.39. The molecule has 0 bridgehead atoms. The number of aliphatic hydroxyl groups is 1. The maximum Gasteiger partial charge on any atom is 0.332 e. The summed E-state index contributed by atoms with van der Waals surface area (Å²) in [5.74, 6) is -1.72. The molecule has 0 fully saturated rings. The molecule has 0 spiro atoms. The summed E-state index contributed by atoms with van der Waals surface area (Å²) in [6.07, 6.45) is 3.05. The minimum Gasteiger partial charge on any atom is -0.479 e. The molecule has 0 radical (unpaired) electrons. The first-order valence-electron chi connectivity index (χ1n) is 5.97. The minimum atomic E-state index is -1.48. The number of aliphatic hydroxyl groups excluding tert-OH is 1. The summed E-state index contributed by atoms with van der Waals surface area (Å²) < 4.78 is 1.75. The Balaban J connectivity index is 1.92. The van der Waals surface area contributed by atoms with E-state index in [0.29, 0.717) is 10.8 Å². The number of fused-ring (bicyclic) bond motifs is 1. The van der Waals surface area contributed by atoms with E-state index < -0.39 is 18.0 Å². The second-order valence-electron chi connectivity index (χ2n) is 4.11. The van der Waals surface area contributed by atoms with E-state index in [1.54, 1.807) is 10.6 Å². The summed E-state index contributed by atoms with van der Waals surface area (Å²) in [6, 6.07) is 0. The quantitative estimate of drug-likeness (QED) is 0.686. The normalized spacial score (nSPS) is 12.9. The summed E-state index contributed by atoms with van der Waals surface area (Å²) in [4.78, 5) is 26.8. The third-order valence-electron chi connectivity index (χ3n) is 2.65. The van der Waals surface area contributed by atoms with Crippen LogP contribution in [-0.2, 0) is 9.59 Å². The maximum absolute atomic E-state index is 11.6. The number of amides is 1. The minimum absolute atomic E-state index is 0.0584. The van der Waals surface area contributed by atoms with E-state index >= 15 is 0 Å². The van der Waals surface area contributed by atoms with Gasteiger partial charge >= 0.3 is 5.97 Å². The van der Waals surface area contributed by atoms with Gasteiger partial charge in [0.1, 0.15) is 0 Å². The Morgan fingerprint density at radius 2 is 2.33 bits per heavy atom. The molecule has 0 aliphatic carbocycles. The average Bonchev–Trinajstić information content (AvgIpc) is 2.97. The lowest BCUT2D eigenvalue weighted by atomic mass is 10.2. The highest BCUT2D eigenvalue weighted by Crippen LogP contribution is 2.22. The predicted octanol–water partition coefficient (Wildman–Crippen LogP) is 1.01. The van der Waals surface area contributed by atoms with Gasteiger partial charge in [-0.3, -0.25) is 9.20 Å². The molecule has 0 saturated carbocycles. The number of aromatic nitrogens is 2. The molecule has 0 aromatic carbocycles. The standard InChI is InChI=1S/C12H12ClN3O4S/c13-10-7(16-5-6-21-12(16)15-10)1-2-9(18)14-4-3-8(17)11(19)20/h1-2,5-6,8,17H,3-4H2,(H,14,18)(H,19,20)/b2-1+. The molecule has 21 heavy (non-hydrogen) atoms. The molecular formula is C12H12ClN3O4S. The van der Waals surface area contributed by atoms with E-state index in [9.17, 15) is 9.59 Å². The Bertz CT molecular complexity index is 694. The van der Waals surface area contributed by atoms with Crippen LogP contribution >= 0.6 is 22.9 Å². The Morgan fingerprint density at radius 3 is 3.05 bits per heavy atom. The number of hydrogen-bond acceptors (Lipinski definition) is 5. The van der Waals surface area contributed by atoms with Gasteiger partial charge in [0.2, 0.25) is 5.91 Å². The van der Waals surface area contributed by atoms with Crippen LogP contribution in [0.3, 0.4) is 0 Å². The summed E-state index contributed by atoms with van der Waals surface area (Å²) in [7, 11) is 0. The van der Waals surface area contributed by atoms with E-state index in [0.717, 1.165) is 4.96 Å². The first-order chi connectivity index (χ1) is 9.99. The van der Waals surface area contributed by atoms with Crippen LogP contribution in [0, 0.1) is 0 Å². The highest BCUT2D eigenvalue weighted by Gasteiger charge is 2.12. The second kappa shape index (κ2) is 6.70. The first-order valence-corrected chi connectivity index (χ1v) is 7.22. The van der Waals surface area contributed by atoms with Crippen molar-refractivity contribution in [3.05, 3.63) is 28.5 Å². The molecule has 0 saturated heterocycles. The average molecular weight is 330 g/mol. The predicted molar refractivity (Wildman–Crippen MR) is 78.4 cm³/mol. The lowest BCUT2D eigenvalue weighted by Gasteiger charge is -2.05. The van der Waals surface area contributed by atoms with E-state index in [2.05, 4.69) is 10.3 Å². The summed E-state index contributed by atoms with van der Waals surface area (Å²) in [5.41, 5.74) is 0.591. The van der Waals surface area contributed by atoms with Crippen molar-refractivity contribution in [2.24, 2.45) is 0 Å². The van der Waals surface area contributed by atoms with Crippen LogP contribution in [0.25, 0.3) is 11.0 Å². The van der Waals surface area contributed by atoms with Gasteiger partial charge in [0, 0.05) is 30.6 Å². The SMILES string of the molecule is O=C(/C=C/c1c(Cl)nc2sccn12)NCCC(O)C(=O)O. The van der Waals surface area contributed by atoms with Crippen LogP contribution in [0.2, 0.25) is 5.15 Å². The number of nitrogens with one attached hydrogen (secondary N) is 1. The van der Waals surface area contributed by atoms with Crippen LogP contribution in [0.4, 0.5) is 0 Å². The highest BCUT2D eigenvalue weighted by atomic mass is 35.5. The number of nitrogens with zero attached hydrogens (tertiary/aromatic N) is 2. The number of carboxylic acids is 1. The fourth-order valence-electron chi connectivity index (χ4n) is 1.60. The zero-order chi connectivity index (χ0) is 15.4. The van der Waals surface area contributed by atoms with Crippen molar-refractivity contribution in [2.45, 2.75) is 12.5 Å². The van der Waals surface area contributed by atoms with Gasteiger partial charge in [0.25, 0.3) is 0 Å². The van der Waals surface area contributed by atoms with Crippen molar-refractivity contribution < 1.29 is 19.8 Å². The largest absolute Gasteiger partial charge is 0.479 e. The molecule has 1 atom stereocenters. The van der Waals surface area contributed by atoms with Crippen LogP contribution in [-0.4, -0.2) is 44.1 Å². The van der Waals surface area contributed by atoms with Crippen molar-refractivity contribution in [1.82, 2.24) is 14.7 Å². The number of thiazole rings is 1. The Morgan fingerprint density at radius 1 is 1.57 bits per heavy atom. The molecule has 2 aromatic rings. The fraction of sp³-hybridized carbons (Fsp3) is 0.250. The van der Waals surface area contributed by atoms with Gasteiger partial charge in [0.05, 0.1) is 5.69 Å². The number of hydrogen-bond donors (Lipinski definition) is 3. The molecule has 9 heteroatoms. The van der Waals surface area contributed by atoms with Gasteiger partial charge in [0.15, 0.2) is 16.2 Å². The van der Waals surface area contributed by atoms with Crippen LogP contribution in [0.5, 0.6) is 0 Å². The number of carbonyl (C=O) groups is 2.